The molecule has 1 aromatic rings. The number of aromatic nitrogens is 2. The zero-order valence-electron chi connectivity index (χ0n) is 13.5. The van der Waals surface area contributed by atoms with E-state index in [1.165, 1.54) is 0 Å². The van der Waals surface area contributed by atoms with Gasteiger partial charge in [-0.25, -0.2) is 4.79 Å². The molecule has 0 saturated carbocycles. The quantitative estimate of drug-likeness (QED) is 0.778. The normalized spacial score (nSPS) is 23.2. The Hall–Kier alpha value is -2.36. The second kappa shape index (κ2) is 7.47. The van der Waals surface area contributed by atoms with Crippen LogP contribution in [0.4, 0.5) is 0 Å². The Morgan fingerprint density at radius 3 is 3.12 bits per heavy atom. The van der Waals surface area contributed by atoms with Crippen LogP contribution in [0.5, 0.6) is 5.88 Å². The number of allylic oxidation sites excluding steroid dienone is 3. The lowest BCUT2D eigenvalue weighted by Crippen LogP contribution is -2.34. The van der Waals surface area contributed by atoms with Crippen molar-refractivity contribution in [2.45, 2.75) is 25.5 Å². The lowest BCUT2D eigenvalue weighted by Gasteiger charge is -2.23. The number of ether oxygens (including phenoxy) is 3. The van der Waals surface area contributed by atoms with Crippen LogP contribution in [0.15, 0.2) is 34.7 Å². The molecule has 3 heterocycles. The van der Waals surface area contributed by atoms with Gasteiger partial charge in [0.1, 0.15) is 12.7 Å². The van der Waals surface area contributed by atoms with Crippen LogP contribution in [0.2, 0.25) is 0 Å². The zero-order valence-corrected chi connectivity index (χ0v) is 13.5. The fraction of sp³-hybridized carbons (Fsp3) is 0.444. The van der Waals surface area contributed by atoms with Crippen LogP contribution in [0.1, 0.15) is 12.1 Å². The largest absolute Gasteiger partial charge is 0.475 e. The van der Waals surface area contributed by atoms with Gasteiger partial charge >= 0.3 is 5.69 Å². The van der Waals surface area contributed by atoms with Crippen LogP contribution in [0.3, 0.4) is 0 Å². The number of hydrogen-bond acceptors (Lipinski definition) is 5. The van der Waals surface area contributed by atoms with Crippen molar-refractivity contribution in [3.63, 3.8) is 0 Å². The molecule has 1 aromatic heterocycles. The van der Waals surface area contributed by atoms with Gasteiger partial charge in [0.2, 0.25) is 5.88 Å². The highest BCUT2D eigenvalue weighted by atomic mass is 16.6. The summed E-state index contributed by atoms with van der Waals surface area (Å²) in [5.74, 6) is 2.94. The van der Waals surface area contributed by atoms with Gasteiger partial charge in [-0.2, -0.15) is 4.98 Å². The van der Waals surface area contributed by atoms with E-state index in [0.29, 0.717) is 45.8 Å². The molecule has 0 amide bonds. The van der Waals surface area contributed by atoms with Crippen molar-refractivity contribution in [1.82, 2.24) is 9.55 Å². The van der Waals surface area contributed by atoms with E-state index in [-0.39, 0.29) is 17.7 Å². The number of terminal acetylenes is 1. The summed E-state index contributed by atoms with van der Waals surface area (Å²) in [4.78, 5) is 16.3. The van der Waals surface area contributed by atoms with E-state index in [1.807, 2.05) is 6.08 Å². The minimum atomic E-state index is -0.339. The molecule has 6 nitrogen and oxygen atoms in total. The van der Waals surface area contributed by atoms with Gasteiger partial charge in [0, 0.05) is 30.3 Å². The predicted octanol–water partition coefficient (Wildman–Crippen LogP) is 1.10. The Balaban J connectivity index is 1.80. The molecule has 2 aliphatic rings. The number of fused-ring (bicyclic) bond motifs is 1. The van der Waals surface area contributed by atoms with Crippen molar-refractivity contribution in [2.24, 2.45) is 0 Å². The molecule has 0 aromatic carbocycles. The fourth-order valence-electron chi connectivity index (χ4n) is 2.71. The Morgan fingerprint density at radius 2 is 2.38 bits per heavy atom. The minimum Gasteiger partial charge on any atom is -0.475 e. The molecular weight excluding hydrogens is 308 g/mol. The van der Waals surface area contributed by atoms with Crippen LogP contribution in [-0.2, 0) is 22.4 Å². The average molecular weight is 328 g/mol. The molecular formula is C18H20N2O4. The van der Waals surface area contributed by atoms with Gasteiger partial charge in [-0.3, -0.25) is 4.57 Å². The topological polar surface area (TPSA) is 62.6 Å². The predicted molar refractivity (Wildman–Crippen MR) is 88.9 cm³/mol. The van der Waals surface area contributed by atoms with E-state index in [4.69, 9.17) is 20.6 Å². The van der Waals surface area contributed by atoms with E-state index in [1.54, 1.807) is 10.6 Å². The smallest absolute Gasteiger partial charge is 0.351 e. The third-order valence-electron chi connectivity index (χ3n) is 3.97. The summed E-state index contributed by atoms with van der Waals surface area (Å²) in [6.45, 7) is 6.42. The highest BCUT2D eigenvalue weighted by Gasteiger charge is 2.17. The van der Waals surface area contributed by atoms with Crippen molar-refractivity contribution in [3.05, 3.63) is 46.0 Å². The molecule has 1 fully saturated rings. The molecule has 0 radical (unpaired) electrons. The molecule has 3 rings (SSSR count). The Morgan fingerprint density at radius 1 is 1.50 bits per heavy atom. The number of nitrogens with zero attached hydrogens (tertiary/aromatic N) is 2. The SMILES string of the molecule is C#C/C1=C/C(=C)CCn2c(cc(OCC3COCCO3)nc2=O)C1. The molecule has 1 saturated heterocycles. The maximum atomic E-state index is 12.3. The fourth-order valence-corrected chi connectivity index (χ4v) is 2.71. The standard InChI is InChI=1S/C18H20N2O4/c1-3-14-8-13(2)4-5-20-15(9-14)10-17(19-18(20)21)24-12-16-11-22-6-7-23-16/h1,8,10,16H,2,4-7,9,11-12H2/b14-8-. The Bertz CT molecular complexity index is 751. The van der Waals surface area contributed by atoms with Crippen molar-refractivity contribution < 1.29 is 14.2 Å². The minimum absolute atomic E-state index is 0.144. The average Bonchev–Trinajstić information content (AvgIpc) is 2.57. The summed E-state index contributed by atoms with van der Waals surface area (Å²) in [7, 11) is 0. The maximum absolute atomic E-state index is 12.3. The molecule has 24 heavy (non-hydrogen) atoms. The van der Waals surface area contributed by atoms with Crippen LogP contribution < -0.4 is 10.4 Å². The third-order valence-corrected chi connectivity index (χ3v) is 3.97. The first-order valence-corrected chi connectivity index (χ1v) is 7.93. The highest BCUT2D eigenvalue weighted by Crippen LogP contribution is 2.18. The third kappa shape index (κ3) is 3.94. The highest BCUT2D eigenvalue weighted by molar-refractivity contribution is 5.37. The summed E-state index contributed by atoms with van der Waals surface area (Å²) in [5, 5.41) is 0. The summed E-state index contributed by atoms with van der Waals surface area (Å²) in [5.41, 5.74) is 2.15. The molecule has 1 unspecified atom stereocenters. The first-order chi connectivity index (χ1) is 11.7. The van der Waals surface area contributed by atoms with E-state index in [0.717, 1.165) is 16.8 Å². The van der Waals surface area contributed by atoms with E-state index < -0.39 is 0 Å². The van der Waals surface area contributed by atoms with Crippen LogP contribution in [0, 0.1) is 12.3 Å². The zero-order chi connectivity index (χ0) is 16.9. The van der Waals surface area contributed by atoms with Gasteiger partial charge in [0.05, 0.1) is 19.8 Å². The summed E-state index contributed by atoms with van der Waals surface area (Å²) < 4.78 is 18.1. The molecule has 0 aliphatic carbocycles. The Labute approximate surface area is 140 Å². The molecule has 126 valence electrons. The second-order valence-corrected chi connectivity index (χ2v) is 5.80. The summed E-state index contributed by atoms with van der Waals surface area (Å²) >= 11 is 0. The van der Waals surface area contributed by atoms with Crippen LogP contribution >= 0.6 is 0 Å². The monoisotopic (exact) mass is 328 g/mol. The number of hydrogen-bond donors (Lipinski definition) is 0. The number of rotatable bonds is 3. The second-order valence-electron chi connectivity index (χ2n) is 5.80. The lowest BCUT2D eigenvalue weighted by molar-refractivity contribution is -0.102. The first kappa shape index (κ1) is 16.5. The molecule has 0 bridgehead atoms. The summed E-state index contributed by atoms with van der Waals surface area (Å²) in [6.07, 6.45) is 8.45. The van der Waals surface area contributed by atoms with Gasteiger partial charge in [0.25, 0.3) is 0 Å². The van der Waals surface area contributed by atoms with Crippen LogP contribution in [-0.4, -0.2) is 42.1 Å². The Kier molecular flexibility index (Phi) is 5.14. The van der Waals surface area contributed by atoms with Crippen molar-refractivity contribution in [3.8, 4) is 18.2 Å². The van der Waals surface area contributed by atoms with E-state index in [2.05, 4.69) is 17.5 Å². The molecule has 0 spiro atoms. The molecule has 2 aliphatic heterocycles. The van der Waals surface area contributed by atoms with Gasteiger partial charge in [-0.1, -0.05) is 18.1 Å². The van der Waals surface area contributed by atoms with Gasteiger partial charge in [-0.05, 0) is 12.5 Å². The molecule has 1 atom stereocenters. The lowest BCUT2D eigenvalue weighted by atomic mass is 10.0. The van der Waals surface area contributed by atoms with Crippen LogP contribution in [0.25, 0.3) is 0 Å². The summed E-state index contributed by atoms with van der Waals surface area (Å²) in [6, 6.07) is 1.77. The molecule has 0 N–H and O–H groups in total. The molecule has 6 heteroatoms. The maximum Gasteiger partial charge on any atom is 0.351 e. The van der Waals surface area contributed by atoms with E-state index >= 15 is 0 Å². The van der Waals surface area contributed by atoms with Gasteiger partial charge in [0.15, 0.2) is 0 Å². The van der Waals surface area contributed by atoms with Gasteiger partial charge < -0.3 is 14.2 Å². The van der Waals surface area contributed by atoms with E-state index in [9.17, 15) is 4.79 Å². The van der Waals surface area contributed by atoms with Crippen molar-refractivity contribution in [2.75, 3.05) is 26.4 Å². The first-order valence-electron chi connectivity index (χ1n) is 7.93. The van der Waals surface area contributed by atoms with Crippen molar-refractivity contribution in [1.29, 1.82) is 0 Å². The van der Waals surface area contributed by atoms with Crippen molar-refractivity contribution >= 4 is 0 Å². The van der Waals surface area contributed by atoms with Gasteiger partial charge in [-0.15, -0.1) is 6.42 Å².